The molecule has 0 atom stereocenters. The predicted octanol–water partition coefficient (Wildman–Crippen LogP) is 3.01. The van der Waals surface area contributed by atoms with Crippen LogP contribution in [0.1, 0.15) is 11.4 Å². The Kier molecular flexibility index (Phi) is 5.25. The van der Waals surface area contributed by atoms with Crippen molar-refractivity contribution in [2.45, 2.75) is 26.1 Å². The lowest BCUT2D eigenvalue weighted by Crippen LogP contribution is -2.20. The van der Waals surface area contributed by atoms with Crippen LogP contribution < -0.4 is 4.74 Å². The molecular formula is C15H18F3N3O2. The molecule has 0 radical (unpaired) electrons. The minimum atomic E-state index is -4.39. The molecule has 126 valence electrons. The van der Waals surface area contributed by atoms with Gasteiger partial charge in [-0.3, -0.25) is 0 Å². The van der Waals surface area contributed by atoms with Crippen LogP contribution in [0.3, 0.4) is 0 Å². The number of benzene rings is 1. The van der Waals surface area contributed by atoms with Gasteiger partial charge in [-0.25, -0.2) is 9.67 Å². The fourth-order valence-corrected chi connectivity index (χ4v) is 2.25. The third kappa shape index (κ3) is 4.22. The molecule has 0 aliphatic carbocycles. The fraction of sp³-hybridized carbons (Fsp3) is 0.467. The van der Waals surface area contributed by atoms with Gasteiger partial charge in [-0.05, 0) is 18.6 Å². The number of halogens is 3. The largest absolute Gasteiger partial charge is 0.496 e. The molecule has 1 heterocycles. The van der Waals surface area contributed by atoms with Crippen LogP contribution in [0.15, 0.2) is 18.2 Å². The second kappa shape index (κ2) is 6.99. The number of ether oxygens (including phenoxy) is 2. The Balaban J connectivity index is 2.53. The van der Waals surface area contributed by atoms with Gasteiger partial charge in [0.2, 0.25) is 0 Å². The highest BCUT2D eigenvalue weighted by Crippen LogP contribution is 2.33. The first-order chi connectivity index (χ1) is 10.9. The van der Waals surface area contributed by atoms with Gasteiger partial charge in [-0.2, -0.15) is 18.3 Å². The molecule has 8 heteroatoms. The Labute approximate surface area is 132 Å². The van der Waals surface area contributed by atoms with E-state index in [4.69, 9.17) is 9.47 Å². The molecule has 0 amide bonds. The number of alkyl halides is 3. The second-order valence-corrected chi connectivity index (χ2v) is 5.02. The molecule has 0 N–H and O–H groups in total. The van der Waals surface area contributed by atoms with Crippen molar-refractivity contribution in [1.82, 2.24) is 14.8 Å². The molecular weight excluding hydrogens is 311 g/mol. The van der Waals surface area contributed by atoms with E-state index in [1.807, 2.05) is 0 Å². The summed E-state index contributed by atoms with van der Waals surface area (Å²) in [4.78, 5) is 4.26. The number of rotatable bonds is 6. The average Bonchev–Trinajstić information content (AvgIpc) is 2.85. The van der Waals surface area contributed by atoms with Crippen LogP contribution in [0.2, 0.25) is 0 Å². The van der Waals surface area contributed by atoms with Crippen molar-refractivity contribution in [3.63, 3.8) is 0 Å². The van der Waals surface area contributed by atoms with E-state index in [0.717, 1.165) is 10.2 Å². The van der Waals surface area contributed by atoms with Crippen LogP contribution in [0.5, 0.6) is 5.75 Å². The summed E-state index contributed by atoms with van der Waals surface area (Å²) in [6.07, 6.45) is -4.06. The molecule has 1 aromatic heterocycles. The quantitative estimate of drug-likeness (QED) is 0.817. The summed E-state index contributed by atoms with van der Waals surface area (Å²) in [5, 5.41) is 3.98. The van der Waals surface area contributed by atoms with E-state index >= 15 is 0 Å². The highest BCUT2D eigenvalue weighted by molar-refractivity contribution is 5.68. The van der Waals surface area contributed by atoms with Crippen LogP contribution in [0.4, 0.5) is 13.2 Å². The Morgan fingerprint density at radius 3 is 2.57 bits per heavy atom. The van der Waals surface area contributed by atoms with Crippen molar-refractivity contribution in [2.75, 3.05) is 20.8 Å². The number of nitrogens with zero attached hydrogens (tertiary/aromatic N) is 3. The zero-order valence-corrected chi connectivity index (χ0v) is 13.1. The summed E-state index contributed by atoms with van der Waals surface area (Å²) in [5.74, 6) is 0.902. The number of hydrogen-bond donors (Lipinski definition) is 0. The van der Waals surface area contributed by atoms with Crippen molar-refractivity contribution in [2.24, 2.45) is 0 Å². The predicted molar refractivity (Wildman–Crippen MR) is 78.4 cm³/mol. The maximum Gasteiger partial charge on any atom is 0.408 e. The van der Waals surface area contributed by atoms with Gasteiger partial charge >= 0.3 is 6.18 Å². The molecule has 0 spiro atoms. The second-order valence-electron chi connectivity index (χ2n) is 5.02. The average molecular weight is 329 g/mol. The van der Waals surface area contributed by atoms with Crippen LogP contribution in [0.25, 0.3) is 11.4 Å². The van der Waals surface area contributed by atoms with Crippen molar-refractivity contribution in [1.29, 1.82) is 0 Å². The van der Waals surface area contributed by atoms with E-state index in [2.05, 4.69) is 10.1 Å². The molecule has 0 fully saturated rings. The first-order valence-corrected chi connectivity index (χ1v) is 6.99. The van der Waals surface area contributed by atoms with Gasteiger partial charge in [0, 0.05) is 13.5 Å². The zero-order chi connectivity index (χ0) is 17.0. The molecule has 0 bridgehead atoms. The van der Waals surface area contributed by atoms with Crippen molar-refractivity contribution >= 4 is 0 Å². The smallest absolute Gasteiger partial charge is 0.408 e. The first kappa shape index (κ1) is 17.3. The number of aromatic nitrogens is 3. The van der Waals surface area contributed by atoms with E-state index in [1.165, 1.54) is 14.2 Å². The lowest BCUT2D eigenvalue weighted by atomic mass is 10.1. The number of methoxy groups -OCH3 is 2. The van der Waals surface area contributed by atoms with Crippen molar-refractivity contribution in [3.05, 3.63) is 29.6 Å². The normalized spacial score (nSPS) is 11.7. The topological polar surface area (TPSA) is 49.2 Å². The Bertz CT molecular complexity index is 668. The highest BCUT2D eigenvalue weighted by atomic mass is 19.4. The van der Waals surface area contributed by atoms with E-state index in [1.54, 1.807) is 25.1 Å². The lowest BCUT2D eigenvalue weighted by Gasteiger charge is -2.13. The SMILES string of the molecule is COCCc1nc(-c2c(C)cccc2OC)n(CC(F)(F)F)n1. The van der Waals surface area contributed by atoms with Gasteiger partial charge < -0.3 is 9.47 Å². The summed E-state index contributed by atoms with van der Waals surface area (Å²) < 4.78 is 49.6. The maximum absolute atomic E-state index is 12.8. The van der Waals surface area contributed by atoms with E-state index in [-0.39, 0.29) is 5.82 Å². The molecule has 1 aromatic carbocycles. The van der Waals surface area contributed by atoms with Gasteiger partial charge in [0.05, 0.1) is 19.3 Å². The van der Waals surface area contributed by atoms with Gasteiger partial charge in [-0.15, -0.1) is 0 Å². The molecule has 0 saturated carbocycles. The maximum atomic E-state index is 12.8. The fourth-order valence-electron chi connectivity index (χ4n) is 2.25. The van der Waals surface area contributed by atoms with E-state index in [0.29, 0.717) is 30.2 Å². The van der Waals surface area contributed by atoms with Crippen molar-refractivity contribution in [3.8, 4) is 17.1 Å². The van der Waals surface area contributed by atoms with Crippen LogP contribution in [-0.2, 0) is 17.7 Å². The van der Waals surface area contributed by atoms with Crippen LogP contribution >= 0.6 is 0 Å². The lowest BCUT2D eigenvalue weighted by molar-refractivity contribution is -0.142. The van der Waals surface area contributed by atoms with E-state index < -0.39 is 12.7 Å². The monoisotopic (exact) mass is 329 g/mol. The molecule has 0 aliphatic heterocycles. The molecule has 0 aliphatic rings. The van der Waals surface area contributed by atoms with Crippen molar-refractivity contribution < 1.29 is 22.6 Å². The third-order valence-electron chi connectivity index (χ3n) is 3.25. The summed E-state index contributed by atoms with van der Waals surface area (Å²) in [7, 11) is 2.98. The molecule has 2 rings (SSSR count). The first-order valence-electron chi connectivity index (χ1n) is 6.99. The highest BCUT2D eigenvalue weighted by Gasteiger charge is 2.31. The third-order valence-corrected chi connectivity index (χ3v) is 3.25. The standard InChI is InChI=1S/C15H18F3N3O2/c1-10-5-4-6-11(23-3)13(10)14-19-12(7-8-22-2)20-21(14)9-15(16,17)18/h4-6H,7-9H2,1-3H3. The number of hydrogen-bond acceptors (Lipinski definition) is 4. The van der Waals surface area contributed by atoms with Crippen LogP contribution in [-0.4, -0.2) is 41.8 Å². The Hall–Kier alpha value is -2.09. The molecule has 5 nitrogen and oxygen atoms in total. The Morgan fingerprint density at radius 2 is 1.96 bits per heavy atom. The molecule has 2 aromatic rings. The number of aryl methyl sites for hydroxylation is 1. The minimum Gasteiger partial charge on any atom is -0.496 e. The minimum absolute atomic E-state index is 0.142. The van der Waals surface area contributed by atoms with E-state index in [9.17, 15) is 13.2 Å². The van der Waals surface area contributed by atoms with Gasteiger partial charge in [0.15, 0.2) is 11.6 Å². The summed E-state index contributed by atoms with van der Waals surface area (Å²) in [5.41, 5.74) is 1.27. The molecule has 0 unspecified atom stereocenters. The summed E-state index contributed by atoms with van der Waals surface area (Å²) in [6.45, 7) is 0.916. The summed E-state index contributed by atoms with van der Waals surface area (Å²) in [6, 6.07) is 5.25. The van der Waals surface area contributed by atoms with Gasteiger partial charge in [0.25, 0.3) is 0 Å². The Morgan fingerprint density at radius 1 is 1.22 bits per heavy atom. The van der Waals surface area contributed by atoms with Gasteiger partial charge in [0.1, 0.15) is 12.3 Å². The van der Waals surface area contributed by atoms with Crippen LogP contribution in [0, 0.1) is 6.92 Å². The zero-order valence-electron chi connectivity index (χ0n) is 13.1. The van der Waals surface area contributed by atoms with Gasteiger partial charge in [-0.1, -0.05) is 12.1 Å². The molecule has 0 saturated heterocycles. The summed E-state index contributed by atoms with van der Waals surface area (Å²) >= 11 is 0. The molecule has 23 heavy (non-hydrogen) atoms.